The van der Waals surface area contributed by atoms with Crippen molar-refractivity contribution < 1.29 is 14.3 Å². The van der Waals surface area contributed by atoms with E-state index in [9.17, 15) is 9.59 Å². The van der Waals surface area contributed by atoms with E-state index in [1.54, 1.807) is 14.2 Å². The minimum atomic E-state index is -0.108. The van der Waals surface area contributed by atoms with E-state index in [2.05, 4.69) is 10.6 Å². The monoisotopic (exact) mass is 381 g/mol. The normalized spacial score (nSPS) is 16.4. The first-order chi connectivity index (χ1) is 13.6. The van der Waals surface area contributed by atoms with E-state index in [0.29, 0.717) is 18.7 Å². The van der Waals surface area contributed by atoms with Crippen LogP contribution in [0.1, 0.15) is 40.2 Å². The molecule has 0 spiro atoms. The first-order valence-corrected chi connectivity index (χ1v) is 9.58. The lowest BCUT2D eigenvalue weighted by Gasteiger charge is -2.32. The van der Waals surface area contributed by atoms with Crippen LogP contribution in [0.15, 0.2) is 48.5 Å². The molecule has 0 saturated carbocycles. The number of piperidine rings is 1. The summed E-state index contributed by atoms with van der Waals surface area (Å²) in [6.07, 6.45) is 1.98. The lowest BCUT2D eigenvalue weighted by Crippen LogP contribution is -2.43. The fourth-order valence-electron chi connectivity index (χ4n) is 3.59. The van der Waals surface area contributed by atoms with E-state index < -0.39 is 0 Å². The van der Waals surface area contributed by atoms with Crippen molar-refractivity contribution >= 4 is 11.9 Å². The Kier molecular flexibility index (Phi) is 6.53. The molecule has 1 atom stereocenters. The number of carbonyl (C=O) groups excluding carboxylic acids is 2. The Labute approximate surface area is 165 Å². The van der Waals surface area contributed by atoms with Crippen LogP contribution in [-0.4, -0.2) is 44.1 Å². The molecule has 2 aromatic rings. The highest BCUT2D eigenvalue weighted by Gasteiger charge is 2.24. The summed E-state index contributed by atoms with van der Waals surface area (Å²) in [4.78, 5) is 26.4. The summed E-state index contributed by atoms with van der Waals surface area (Å²) in [6, 6.07) is 15.3. The highest BCUT2D eigenvalue weighted by molar-refractivity contribution is 5.94. The van der Waals surface area contributed by atoms with E-state index in [1.165, 1.54) is 0 Å². The Morgan fingerprint density at radius 2 is 2.00 bits per heavy atom. The van der Waals surface area contributed by atoms with Crippen molar-refractivity contribution in [2.24, 2.45) is 0 Å². The number of ether oxygens (including phenoxy) is 1. The number of hydrogen-bond acceptors (Lipinski definition) is 3. The van der Waals surface area contributed by atoms with E-state index in [4.69, 9.17) is 4.74 Å². The minimum absolute atomic E-state index is 0.0445. The number of benzene rings is 2. The number of nitrogens with zero attached hydrogens (tertiary/aromatic N) is 1. The molecule has 6 nitrogen and oxygen atoms in total. The second-order valence-electron chi connectivity index (χ2n) is 7.00. The molecular weight excluding hydrogens is 354 g/mol. The summed E-state index contributed by atoms with van der Waals surface area (Å²) in [5.41, 5.74) is 2.72. The molecule has 3 amide bonds. The molecule has 1 fully saturated rings. The van der Waals surface area contributed by atoms with E-state index in [0.717, 1.165) is 36.3 Å². The first-order valence-electron chi connectivity index (χ1n) is 9.58. The van der Waals surface area contributed by atoms with Crippen molar-refractivity contribution in [1.29, 1.82) is 0 Å². The Morgan fingerprint density at radius 3 is 2.79 bits per heavy atom. The van der Waals surface area contributed by atoms with Gasteiger partial charge >= 0.3 is 6.03 Å². The summed E-state index contributed by atoms with van der Waals surface area (Å²) < 4.78 is 5.22. The molecule has 0 aliphatic carbocycles. The maximum absolute atomic E-state index is 12.6. The number of urea groups is 1. The quantitative estimate of drug-likeness (QED) is 0.836. The zero-order chi connectivity index (χ0) is 19.9. The fourth-order valence-corrected chi connectivity index (χ4v) is 3.59. The van der Waals surface area contributed by atoms with Crippen LogP contribution in [0.4, 0.5) is 4.79 Å². The van der Waals surface area contributed by atoms with Crippen molar-refractivity contribution in [1.82, 2.24) is 15.5 Å². The molecule has 1 aliphatic heterocycles. The summed E-state index contributed by atoms with van der Waals surface area (Å²) in [6.45, 7) is 1.89. The van der Waals surface area contributed by atoms with Gasteiger partial charge in [-0.25, -0.2) is 4.79 Å². The molecule has 6 heteroatoms. The van der Waals surface area contributed by atoms with Gasteiger partial charge in [0.05, 0.1) is 7.11 Å². The van der Waals surface area contributed by atoms with Crippen molar-refractivity contribution in [2.45, 2.75) is 25.3 Å². The van der Waals surface area contributed by atoms with Crippen LogP contribution in [0, 0.1) is 0 Å². The third-order valence-electron chi connectivity index (χ3n) is 5.13. The van der Waals surface area contributed by atoms with Gasteiger partial charge in [0, 0.05) is 38.2 Å². The maximum atomic E-state index is 12.6. The Morgan fingerprint density at radius 1 is 1.18 bits per heavy atom. The van der Waals surface area contributed by atoms with Crippen molar-refractivity contribution in [2.75, 3.05) is 27.2 Å². The van der Waals surface area contributed by atoms with Crippen LogP contribution in [-0.2, 0) is 6.54 Å². The van der Waals surface area contributed by atoms with Gasteiger partial charge in [-0.15, -0.1) is 0 Å². The van der Waals surface area contributed by atoms with Crippen molar-refractivity contribution in [3.05, 3.63) is 65.2 Å². The van der Waals surface area contributed by atoms with E-state index >= 15 is 0 Å². The van der Waals surface area contributed by atoms with Gasteiger partial charge in [0.1, 0.15) is 5.75 Å². The predicted molar refractivity (Wildman–Crippen MR) is 109 cm³/mol. The molecule has 1 saturated heterocycles. The molecule has 0 radical (unpaired) electrons. The van der Waals surface area contributed by atoms with Crippen LogP contribution < -0.4 is 15.4 Å². The third kappa shape index (κ3) is 4.82. The summed E-state index contributed by atoms with van der Waals surface area (Å²) in [5.74, 6) is 0.910. The van der Waals surface area contributed by atoms with Crippen LogP contribution in [0.5, 0.6) is 5.75 Å². The second kappa shape index (κ2) is 9.26. The van der Waals surface area contributed by atoms with Crippen molar-refractivity contribution in [3.63, 3.8) is 0 Å². The van der Waals surface area contributed by atoms with Gasteiger partial charge in [0.25, 0.3) is 5.91 Å². The lowest BCUT2D eigenvalue weighted by molar-refractivity contribution is 0.0950. The number of hydrogen-bond donors (Lipinski definition) is 2. The Hall–Kier alpha value is -3.02. The molecular formula is C22H27N3O3. The third-order valence-corrected chi connectivity index (χ3v) is 5.13. The predicted octanol–water partition coefficient (Wildman–Crippen LogP) is 3.14. The average Bonchev–Trinajstić information content (AvgIpc) is 2.77. The zero-order valence-electron chi connectivity index (χ0n) is 16.4. The Balaban J connectivity index is 1.65. The van der Waals surface area contributed by atoms with Crippen LogP contribution >= 0.6 is 0 Å². The van der Waals surface area contributed by atoms with Gasteiger partial charge in [-0.1, -0.05) is 24.3 Å². The lowest BCUT2D eigenvalue weighted by atomic mass is 9.89. The molecule has 1 heterocycles. The van der Waals surface area contributed by atoms with Gasteiger partial charge < -0.3 is 20.3 Å². The molecule has 28 heavy (non-hydrogen) atoms. The van der Waals surface area contributed by atoms with Gasteiger partial charge in [-0.2, -0.15) is 0 Å². The molecule has 148 valence electrons. The smallest absolute Gasteiger partial charge is 0.317 e. The number of likely N-dealkylation sites (tertiary alicyclic amines) is 1. The van der Waals surface area contributed by atoms with Crippen molar-refractivity contribution in [3.8, 4) is 5.75 Å². The summed E-state index contributed by atoms with van der Waals surface area (Å²) >= 11 is 0. The number of methoxy groups -OCH3 is 1. The van der Waals surface area contributed by atoms with E-state index in [-0.39, 0.29) is 17.9 Å². The largest absolute Gasteiger partial charge is 0.497 e. The number of carbonyl (C=O) groups is 2. The minimum Gasteiger partial charge on any atom is -0.497 e. The van der Waals surface area contributed by atoms with Gasteiger partial charge in [-0.05, 0) is 48.2 Å². The molecule has 2 aromatic carbocycles. The Bertz CT molecular complexity index is 837. The fraction of sp³-hybridized carbons (Fsp3) is 0.364. The highest BCUT2D eigenvalue weighted by Crippen LogP contribution is 2.27. The molecule has 0 bridgehead atoms. The maximum Gasteiger partial charge on any atom is 0.317 e. The molecule has 0 unspecified atom stereocenters. The topological polar surface area (TPSA) is 70.7 Å². The number of rotatable bonds is 5. The zero-order valence-corrected chi connectivity index (χ0v) is 16.4. The SMILES string of the molecule is CNC(=O)N1CCC[C@H](c2cccc(C(=O)NCc3cccc(OC)c3)c2)C1. The summed E-state index contributed by atoms with van der Waals surface area (Å²) in [5, 5.41) is 5.65. The van der Waals surface area contributed by atoms with Gasteiger partial charge in [0.2, 0.25) is 0 Å². The first kappa shape index (κ1) is 19.7. The van der Waals surface area contributed by atoms with Crippen LogP contribution in [0.2, 0.25) is 0 Å². The number of nitrogens with one attached hydrogen (secondary N) is 2. The standard InChI is InChI=1S/C22H27N3O3/c1-23-22(27)25-11-5-9-19(15-25)17-7-4-8-18(13-17)21(26)24-14-16-6-3-10-20(12-16)28-2/h3-4,6-8,10,12-13,19H,5,9,11,14-15H2,1-2H3,(H,23,27)(H,24,26)/t19-/m0/s1. The molecule has 1 aliphatic rings. The highest BCUT2D eigenvalue weighted by atomic mass is 16.5. The van der Waals surface area contributed by atoms with Gasteiger partial charge in [0.15, 0.2) is 0 Å². The molecule has 2 N–H and O–H groups in total. The second-order valence-corrected chi connectivity index (χ2v) is 7.00. The van der Waals surface area contributed by atoms with E-state index in [1.807, 2.05) is 53.4 Å². The average molecular weight is 381 g/mol. The molecule has 3 rings (SSSR count). The number of amides is 3. The van der Waals surface area contributed by atoms with Crippen LogP contribution in [0.3, 0.4) is 0 Å². The summed E-state index contributed by atoms with van der Waals surface area (Å²) in [7, 11) is 3.28. The molecule has 0 aromatic heterocycles. The van der Waals surface area contributed by atoms with Crippen LogP contribution in [0.25, 0.3) is 0 Å². The van der Waals surface area contributed by atoms with Gasteiger partial charge in [-0.3, -0.25) is 4.79 Å².